The Morgan fingerprint density at radius 2 is 1.82 bits per heavy atom. The lowest BCUT2D eigenvalue weighted by atomic mass is 10.0. The van der Waals surface area contributed by atoms with Crippen LogP contribution in [-0.4, -0.2) is 10.5 Å². The summed E-state index contributed by atoms with van der Waals surface area (Å²) in [5.41, 5.74) is 4.53. The van der Waals surface area contributed by atoms with Crippen molar-refractivity contribution in [3.05, 3.63) is 59.4 Å². The fourth-order valence-corrected chi connectivity index (χ4v) is 4.51. The van der Waals surface area contributed by atoms with Gasteiger partial charge in [-0.05, 0) is 65.7 Å². The van der Waals surface area contributed by atoms with Crippen LogP contribution in [-0.2, 0) is 26.3 Å². The molecule has 0 radical (unpaired) electrons. The molecular formula is C22H28Br2N2O2. The molecule has 2 rings (SSSR count). The number of halogens is 2. The number of rotatable bonds is 7. The normalized spacial score (nSPS) is 11.0. The average molecular weight is 512 g/mol. The molecule has 6 heteroatoms. The van der Waals surface area contributed by atoms with Crippen molar-refractivity contribution in [2.24, 2.45) is 7.05 Å². The van der Waals surface area contributed by atoms with E-state index in [-0.39, 0.29) is 16.9 Å². The summed E-state index contributed by atoms with van der Waals surface area (Å²) in [4.78, 5) is 26.3. The third-order valence-electron chi connectivity index (χ3n) is 5.25. The monoisotopic (exact) mass is 510 g/mol. The summed E-state index contributed by atoms with van der Waals surface area (Å²) in [6.45, 7) is 8.11. The van der Waals surface area contributed by atoms with Gasteiger partial charge in [-0.15, -0.1) is 0 Å². The number of aromatic nitrogens is 1. The maximum Gasteiger partial charge on any atom is 0.261 e. The Balaban J connectivity index is 2.63. The molecule has 1 amide bonds. The number of pyridine rings is 1. The predicted octanol–water partition coefficient (Wildman–Crippen LogP) is 5.94. The number of carbonyl (C=O) groups excluding carboxylic acids is 1. The van der Waals surface area contributed by atoms with Crippen LogP contribution in [0.4, 0.5) is 5.69 Å². The topological polar surface area (TPSA) is 51.1 Å². The number of hydrogen-bond donors (Lipinski definition) is 1. The van der Waals surface area contributed by atoms with Crippen LogP contribution in [0.2, 0.25) is 0 Å². The van der Waals surface area contributed by atoms with Gasteiger partial charge in [-0.1, -0.05) is 49.2 Å². The molecule has 0 aliphatic heterocycles. The van der Waals surface area contributed by atoms with Crippen molar-refractivity contribution >= 4 is 43.5 Å². The molecule has 0 fully saturated rings. The Morgan fingerprint density at radius 3 is 2.39 bits per heavy atom. The number of anilines is 1. The molecule has 4 nitrogen and oxygen atoms in total. The number of nitrogens with zero attached hydrogens (tertiary/aromatic N) is 1. The van der Waals surface area contributed by atoms with E-state index in [1.54, 1.807) is 0 Å². The van der Waals surface area contributed by atoms with E-state index in [1.807, 2.05) is 30.7 Å². The lowest BCUT2D eigenvalue weighted by Gasteiger charge is -2.20. The van der Waals surface area contributed by atoms with Gasteiger partial charge in [-0.2, -0.15) is 0 Å². The Kier molecular flexibility index (Phi) is 8.07. The number of nitrogens with one attached hydrogen (secondary N) is 1. The molecule has 0 bridgehead atoms. The fourth-order valence-electron chi connectivity index (χ4n) is 3.44. The molecule has 0 saturated heterocycles. The van der Waals surface area contributed by atoms with Crippen LogP contribution in [0.1, 0.15) is 66.5 Å². The van der Waals surface area contributed by atoms with E-state index in [2.05, 4.69) is 57.9 Å². The highest BCUT2D eigenvalue weighted by Crippen LogP contribution is 2.30. The molecule has 0 spiro atoms. The van der Waals surface area contributed by atoms with Gasteiger partial charge < -0.3 is 9.88 Å². The fraction of sp³-hybridized carbons (Fsp3) is 0.455. The number of carbonyl (C=O) groups is 1. The van der Waals surface area contributed by atoms with Gasteiger partial charge in [0, 0.05) is 28.6 Å². The molecule has 1 N–H and O–H groups in total. The maximum atomic E-state index is 13.3. The summed E-state index contributed by atoms with van der Waals surface area (Å²) in [5, 5.41) is 3.07. The second-order valence-corrected chi connectivity index (χ2v) is 8.58. The number of unbranched alkanes of at least 4 members (excludes halogenated alkanes) is 1. The van der Waals surface area contributed by atoms with Crippen LogP contribution in [0.25, 0.3) is 0 Å². The van der Waals surface area contributed by atoms with Gasteiger partial charge in [0.25, 0.3) is 5.91 Å². The highest BCUT2D eigenvalue weighted by molar-refractivity contribution is 9.10. The van der Waals surface area contributed by atoms with Gasteiger partial charge in [0.1, 0.15) is 5.56 Å². The molecule has 2 aromatic rings. The van der Waals surface area contributed by atoms with Gasteiger partial charge in [0.15, 0.2) is 0 Å². The maximum absolute atomic E-state index is 13.3. The molecule has 0 unspecified atom stereocenters. The van der Waals surface area contributed by atoms with E-state index >= 15 is 0 Å². The third-order valence-corrected chi connectivity index (χ3v) is 6.93. The van der Waals surface area contributed by atoms with Gasteiger partial charge in [-0.25, -0.2) is 0 Å². The first-order valence-corrected chi connectivity index (χ1v) is 11.4. The van der Waals surface area contributed by atoms with E-state index < -0.39 is 0 Å². The Morgan fingerprint density at radius 1 is 1.14 bits per heavy atom. The standard InChI is InChI=1S/C22H28Br2N2O2/c1-6-9-10-17-18(21(27)19(24)13(4)26(17)5)22(28)25-20-14(7-2)11-12-16(23)15(20)8-3/h11-12H,6-10H2,1-5H3,(H,25,28). The summed E-state index contributed by atoms with van der Waals surface area (Å²) in [7, 11) is 1.91. The van der Waals surface area contributed by atoms with Crippen LogP contribution in [0.5, 0.6) is 0 Å². The van der Waals surface area contributed by atoms with Crippen LogP contribution >= 0.6 is 31.9 Å². The number of aryl methyl sites for hydroxylation is 1. The van der Waals surface area contributed by atoms with Crippen LogP contribution in [0.15, 0.2) is 25.9 Å². The molecule has 0 saturated carbocycles. The van der Waals surface area contributed by atoms with Crippen LogP contribution in [0.3, 0.4) is 0 Å². The van der Waals surface area contributed by atoms with E-state index in [9.17, 15) is 9.59 Å². The van der Waals surface area contributed by atoms with Crippen molar-refractivity contribution < 1.29 is 4.79 Å². The second-order valence-electron chi connectivity index (χ2n) is 6.93. The van der Waals surface area contributed by atoms with E-state index in [4.69, 9.17) is 0 Å². The molecule has 0 aliphatic carbocycles. The molecule has 152 valence electrons. The van der Waals surface area contributed by atoms with Crippen molar-refractivity contribution in [2.75, 3.05) is 5.32 Å². The van der Waals surface area contributed by atoms with Gasteiger partial charge >= 0.3 is 0 Å². The van der Waals surface area contributed by atoms with Crippen LogP contribution < -0.4 is 10.7 Å². The largest absolute Gasteiger partial charge is 0.350 e. The highest BCUT2D eigenvalue weighted by Gasteiger charge is 2.23. The first-order chi connectivity index (χ1) is 13.3. The van der Waals surface area contributed by atoms with Gasteiger partial charge in [0.05, 0.1) is 4.47 Å². The predicted molar refractivity (Wildman–Crippen MR) is 124 cm³/mol. The Labute approximate surface area is 184 Å². The van der Waals surface area contributed by atoms with Crippen molar-refractivity contribution in [1.29, 1.82) is 0 Å². The summed E-state index contributed by atoms with van der Waals surface area (Å²) >= 11 is 6.97. The van der Waals surface area contributed by atoms with Gasteiger partial charge in [0.2, 0.25) is 5.43 Å². The average Bonchev–Trinajstić information content (AvgIpc) is 2.68. The Bertz CT molecular complexity index is 949. The van der Waals surface area contributed by atoms with Gasteiger partial charge in [-0.3, -0.25) is 9.59 Å². The molecule has 0 atom stereocenters. The summed E-state index contributed by atoms with van der Waals surface area (Å²) in [6.07, 6.45) is 4.19. The molecule has 1 aromatic carbocycles. The van der Waals surface area contributed by atoms with Crippen molar-refractivity contribution in [3.63, 3.8) is 0 Å². The molecule has 1 aromatic heterocycles. The minimum Gasteiger partial charge on any atom is -0.350 e. The third kappa shape index (κ3) is 4.43. The van der Waals surface area contributed by atoms with Crippen molar-refractivity contribution in [2.45, 2.75) is 59.8 Å². The zero-order valence-electron chi connectivity index (χ0n) is 17.2. The zero-order valence-corrected chi connectivity index (χ0v) is 20.4. The molecule has 0 aliphatic rings. The summed E-state index contributed by atoms with van der Waals surface area (Å²) in [6, 6.07) is 4.03. The van der Waals surface area contributed by atoms with E-state index in [0.29, 0.717) is 10.9 Å². The number of amides is 1. The van der Waals surface area contributed by atoms with E-state index in [1.165, 1.54) is 0 Å². The van der Waals surface area contributed by atoms with Crippen LogP contribution in [0, 0.1) is 6.92 Å². The molecule has 28 heavy (non-hydrogen) atoms. The quantitative estimate of drug-likeness (QED) is 0.500. The number of benzene rings is 1. The lowest BCUT2D eigenvalue weighted by molar-refractivity contribution is 0.102. The smallest absolute Gasteiger partial charge is 0.261 e. The molecule has 1 heterocycles. The zero-order chi connectivity index (χ0) is 21.0. The van der Waals surface area contributed by atoms with Crippen molar-refractivity contribution in [3.8, 4) is 0 Å². The first kappa shape index (κ1) is 22.9. The Hall–Kier alpha value is -1.40. The highest BCUT2D eigenvalue weighted by atomic mass is 79.9. The second kappa shape index (κ2) is 9.88. The minimum atomic E-state index is -0.338. The lowest BCUT2D eigenvalue weighted by Crippen LogP contribution is -2.29. The first-order valence-electron chi connectivity index (χ1n) is 9.77. The molecular weight excluding hydrogens is 484 g/mol. The van der Waals surface area contributed by atoms with E-state index in [0.717, 1.165) is 58.4 Å². The minimum absolute atomic E-state index is 0.234. The van der Waals surface area contributed by atoms with Crippen molar-refractivity contribution in [1.82, 2.24) is 4.57 Å². The SMILES string of the molecule is CCCCc1c(C(=O)Nc2c(CC)ccc(Br)c2CC)c(=O)c(Br)c(C)n1C. The number of hydrogen-bond acceptors (Lipinski definition) is 2. The summed E-state index contributed by atoms with van der Waals surface area (Å²) < 4.78 is 3.37. The summed E-state index contributed by atoms with van der Waals surface area (Å²) in [5.74, 6) is -0.338.